The summed E-state index contributed by atoms with van der Waals surface area (Å²) in [6.45, 7) is 7.78. The predicted octanol–water partition coefficient (Wildman–Crippen LogP) is 3.84. The number of rotatable bonds is 7. The highest BCUT2D eigenvalue weighted by atomic mass is 15.1. The Balaban J connectivity index is 3.00. The van der Waals surface area contributed by atoms with Gasteiger partial charge in [0.25, 0.3) is 0 Å². The predicted molar refractivity (Wildman–Crippen MR) is 81.3 cm³/mol. The van der Waals surface area contributed by atoms with Gasteiger partial charge in [-0.2, -0.15) is 0 Å². The molecule has 0 aliphatic rings. The van der Waals surface area contributed by atoms with Crippen molar-refractivity contribution in [3.05, 3.63) is 29.8 Å². The molecule has 1 aromatic carbocycles. The van der Waals surface area contributed by atoms with E-state index in [4.69, 9.17) is 0 Å². The topological polar surface area (TPSA) is 15.3 Å². The van der Waals surface area contributed by atoms with E-state index in [0.29, 0.717) is 12.0 Å². The Bertz CT molecular complexity index is 343. The fourth-order valence-electron chi connectivity index (χ4n) is 2.53. The van der Waals surface area contributed by atoms with E-state index < -0.39 is 0 Å². The van der Waals surface area contributed by atoms with Crippen LogP contribution in [0.5, 0.6) is 0 Å². The molecule has 0 heterocycles. The van der Waals surface area contributed by atoms with Gasteiger partial charge in [-0.1, -0.05) is 45.7 Å². The number of nitrogens with one attached hydrogen (secondary N) is 1. The van der Waals surface area contributed by atoms with Gasteiger partial charge in [0.15, 0.2) is 0 Å². The Labute approximate surface area is 112 Å². The largest absolute Gasteiger partial charge is 0.378 e. The van der Waals surface area contributed by atoms with E-state index in [1.165, 1.54) is 24.1 Å². The summed E-state index contributed by atoms with van der Waals surface area (Å²) in [5, 5.41) is 3.65. The second-order valence-electron chi connectivity index (χ2n) is 5.10. The maximum atomic E-state index is 3.65. The molecule has 1 unspecified atom stereocenters. The highest BCUT2D eigenvalue weighted by Gasteiger charge is 2.19. The van der Waals surface area contributed by atoms with Crippen molar-refractivity contribution in [2.24, 2.45) is 5.92 Å². The van der Waals surface area contributed by atoms with Gasteiger partial charge >= 0.3 is 0 Å². The molecule has 0 aliphatic heterocycles. The summed E-state index contributed by atoms with van der Waals surface area (Å²) in [5.74, 6) is 0.711. The van der Waals surface area contributed by atoms with Crippen LogP contribution in [0.4, 0.5) is 5.69 Å². The van der Waals surface area contributed by atoms with Crippen molar-refractivity contribution < 1.29 is 0 Å². The Morgan fingerprint density at radius 2 is 1.78 bits per heavy atom. The van der Waals surface area contributed by atoms with Crippen molar-refractivity contribution in [3.63, 3.8) is 0 Å². The summed E-state index contributed by atoms with van der Waals surface area (Å²) in [6.07, 6.45) is 2.45. The van der Waals surface area contributed by atoms with Crippen molar-refractivity contribution in [2.45, 2.75) is 39.7 Å². The average Bonchev–Trinajstić information content (AvgIpc) is 2.39. The summed E-state index contributed by atoms with van der Waals surface area (Å²) < 4.78 is 0. The maximum absolute atomic E-state index is 3.65. The zero-order valence-electron chi connectivity index (χ0n) is 12.5. The van der Waals surface area contributed by atoms with Gasteiger partial charge in [0, 0.05) is 25.8 Å². The first-order chi connectivity index (χ1) is 8.63. The molecule has 102 valence electrons. The van der Waals surface area contributed by atoms with Crippen LogP contribution in [0.2, 0.25) is 0 Å². The molecule has 0 bridgehead atoms. The highest BCUT2D eigenvalue weighted by Crippen LogP contribution is 2.29. The summed E-state index contributed by atoms with van der Waals surface area (Å²) in [4.78, 5) is 2.17. The fourth-order valence-corrected chi connectivity index (χ4v) is 2.53. The second kappa shape index (κ2) is 7.42. The third-order valence-corrected chi connectivity index (χ3v) is 3.69. The third-order valence-electron chi connectivity index (χ3n) is 3.69. The van der Waals surface area contributed by atoms with Gasteiger partial charge in [-0.05, 0) is 30.2 Å². The van der Waals surface area contributed by atoms with Crippen molar-refractivity contribution in [3.8, 4) is 0 Å². The van der Waals surface area contributed by atoms with Crippen LogP contribution in [0.1, 0.15) is 45.2 Å². The van der Waals surface area contributed by atoms with Crippen molar-refractivity contribution in [2.75, 3.05) is 25.5 Å². The first-order valence-electron chi connectivity index (χ1n) is 7.14. The summed E-state index contributed by atoms with van der Waals surface area (Å²) in [7, 11) is 4.19. The van der Waals surface area contributed by atoms with Gasteiger partial charge in [0.1, 0.15) is 0 Å². The van der Waals surface area contributed by atoms with Gasteiger partial charge < -0.3 is 10.2 Å². The van der Waals surface area contributed by atoms with Crippen LogP contribution in [0.3, 0.4) is 0 Å². The van der Waals surface area contributed by atoms with Crippen molar-refractivity contribution in [1.29, 1.82) is 0 Å². The lowest BCUT2D eigenvalue weighted by atomic mass is 9.88. The maximum Gasteiger partial charge on any atom is 0.0364 e. The number of hydrogen-bond acceptors (Lipinski definition) is 2. The number of benzene rings is 1. The van der Waals surface area contributed by atoms with Crippen LogP contribution in [-0.2, 0) is 0 Å². The number of anilines is 1. The fraction of sp³-hybridized carbons (Fsp3) is 0.625. The van der Waals surface area contributed by atoms with Crippen LogP contribution in [-0.4, -0.2) is 20.6 Å². The van der Waals surface area contributed by atoms with Gasteiger partial charge in [-0.25, -0.2) is 0 Å². The quantitative estimate of drug-likeness (QED) is 0.788. The smallest absolute Gasteiger partial charge is 0.0364 e. The second-order valence-corrected chi connectivity index (χ2v) is 5.10. The Hall–Kier alpha value is -1.02. The van der Waals surface area contributed by atoms with E-state index in [0.717, 1.165) is 6.54 Å². The lowest BCUT2D eigenvalue weighted by Crippen LogP contribution is -2.28. The molecule has 1 N–H and O–H groups in total. The van der Waals surface area contributed by atoms with Gasteiger partial charge in [-0.15, -0.1) is 0 Å². The van der Waals surface area contributed by atoms with E-state index in [1.54, 1.807) is 0 Å². The number of hydrogen-bond donors (Lipinski definition) is 1. The summed E-state index contributed by atoms with van der Waals surface area (Å²) >= 11 is 0. The first kappa shape index (κ1) is 15.0. The van der Waals surface area contributed by atoms with E-state index in [-0.39, 0.29) is 0 Å². The first-order valence-corrected chi connectivity index (χ1v) is 7.14. The van der Waals surface area contributed by atoms with Crippen LogP contribution in [0.15, 0.2) is 24.3 Å². The monoisotopic (exact) mass is 248 g/mol. The van der Waals surface area contributed by atoms with E-state index in [1.807, 2.05) is 0 Å². The third kappa shape index (κ3) is 3.74. The molecule has 0 aromatic heterocycles. The van der Waals surface area contributed by atoms with Crippen molar-refractivity contribution >= 4 is 5.69 Å². The Morgan fingerprint density at radius 3 is 2.28 bits per heavy atom. The van der Waals surface area contributed by atoms with E-state index in [9.17, 15) is 0 Å². The molecule has 0 fully saturated rings. The molecule has 0 spiro atoms. The molecule has 0 radical (unpaired) electrons. The molecule has 1 aromatic rings. The van der Waals surface area contributed by atoms with E-state index in [2.05, 4.69) is 69.3 Å². The average molecular weight is 248 g/mol. The van der Waals surface area contributed by atoms with Gasteiger partial charge in [0.05, 0.1) is 0 Å². The SMILES string of the molecule is CCNC(c1cccc(N(C)C)c1)C(CC)CC. The molecule has 0 aliphatic carbocycles. The minimum atomic E-state index is 0.477. The lowest BCUT2D eigenvalue weighted by Gasteiger charge is -2.27. The summed E-state index contributed by atoms with van der Waals surface area (Å²) in [5.41, 5.74) is 2.69. The molecule has 2 heteroatoms. The molecule has 0 amide bonds. The highest BCUT2D eigenvalue weighted by molar-refractivity contribution is 5.47. The van der Waals surface area contributed by atoms with E-state index >= 15 is 0 Å². The number of nitrogens with zero attached hydrogens (tertiary/aromatic N) is 1. The van der Waals surface area contributed by atoms with Crippen LogP contribution in [0.25, 0.3) is 0 Å². The molecule has 0 saturated heterocycles. The standard InChI is InChI=1S/C16H28N2/c1-6-13(7-2)16(17-8-3)14-10-9-11-15(12-14)18(4)5/h9-13,16-17H,6-8H2,1-5H3. The van der Waals surface area contributed by atoms with Crippen LogP contribution < -0.4 is 10.2 Å². The molecule has 0 saturated carbocycles. The van der Waals surface area contributed by atoms with Gasteiger partial charge in [0.2, 0.25) is 0 Å². The van der Waals surface area contributed by atoms with Crippen molar-refractivity contribution in [1.82, 2.24) is 5.32 Å². The molecule has 1 rings (SSSR count). The minimum Gasteiger partial charge on any atom is -0.378 e. The van der Waals surface area contributed by atoms with Crippen LogP contribution >= 0.6 is 0 Å². The molecular weight excluding hydrogens is 220 g/mol. The zero-order chi connectivity index (χ0) is 13.5. The molecule has 2 nitrogen and oxygen atoms in total. The zero-order valence-corrected chi connectivity index (χ0v) is 12.5. The normalized spacial score (nSPS) is 12.8. The van der Waals surface area contributed by atoms with Crippen LogP contribution in [0, 0.1) is 5.92 Å². The Morgan fingerprint density at radius 1 is 1.11 bits per heavy atom. The molecule has 18 heavy (non-hydrogen) atoms. The summed E-state index contributed by atoms with van der Waals surface area (Å²) in [6, 6.07) is 9.37. The minimum absolute atomic E-state index is 0.477. The molecule has 1 atom stereocenters. The lowest BCUT2D eigenvalue weighted by molar-refractivity contribution is 0.346. The molecular formula is C16H28N2. The van der Waals surface area contributed by atoms with Gasteiger partial charge in [-0.3, -0.25) is 0 Å². The Kier molecular flexibility index (Phi) is 6.20.